The third-order valence-electron chi connectivity index (χ3n) is 0.956. The highest BCUT2D eigenvalue weighted by atomic mass is 16.5. The van der Waals surface area contributed by atoms with Crippen molar-refractivity contribution < 1.29 is 9.53 Å². The molecule has 4 heteroatoms. The molecule has 0 aliphatic heterocycles. The molecular weight excluding hydrogens is 120 g/mol. The molecule has 0 aliphatic carbocycles. The first-order valence-corrected chi connectivity index (χ1v) is 2.73. The molecular formula is C5H12N2O2. The van der Waals surface area contributed by atoms with Crippen LogP contribution in [0.1, 0.15) is 0 Å². The molecule has 0 rings (SSSR count). The third kappa shape index (κ3) is 3.93. The average molecular weight is 132 g/mol. The van der Waals surface area contributed by atoms with Gasteiger partial charge in [0.2, 0.25) is 6.41 Å². The fourth-order valence-corrected chi connectivity index (χ4v) is 0.482. The SMILES string of the molecule is COCC(CN)NC=O. The number of hydrogen-bond acceptors (Lipinski definition) is 3. The Morgan fingerprint density at radius 2 is 2.56 bits per heavy atom. The van der Waals surface area contributed by atoms with E-state index in [-0.39, 0.29) is 6.04 Å². The van der Waals surface area contributed by atoms with Crippen LogP contribution in [0.3, 0.4) is 0 Å². The van der Waals surface area contributed by atoms with E-state index < -0.39 is 0 Å². The molecule has 1 atom stereocenters. The zero-order valence-corrected chi connectivity index (χ0v) is 5.46. The van der Waals surface area contributed by atoms with Crippen molar-refractivity contribution >= 4 is 6.41 Å². The summed E-state index contributed by atoms with van der Waals surface area (Å²) in [5.74, 6) is 0. The van der Waals surface area contributed by atoms with E-state index in [1.165, 1.54) is 0 Å². The molecule has 0 spiro atoms. The summed E-state index contributed by atoms with van der Waals surface area (Å²) in [6.45, 7) is 0.877. The summed E-state index contributed by atoms with van der Waals surface area (Å²) < 4.78 is 4.75. The van der Waals surface area contributed by atoms with Gasteiger partial charge in [0.1, 0.15) is 0 Å². The van der Waals surface area contributed by atoms with Gasteiger partial charge in [-0.2, -0.15) is 0 Å². The van der Waals surface area contributed by atoms with Crippen LogP contribution in [0.5, 0.6) is 0 Å². The smallest absolute Gasteiger partial charge is 0.207 e. The lowest BCUT2D eigenvalue weighted by Gasteiger charge is -2.10. The molecule has 0 aliphatic rings. The Morgan fingerprint density at radius 3 is 2.89 bits per heavy atom. The van der Waals surface area contributed by atoms with Gasteiger partial charge in [-0.25, -0.2) is 0 Å². The van der Waals surface area contributed by atoms with Crippen molar-refractivity contribution in [3.8, 4) is 0 Å². The molecule has 1 amide bonds. The summed E-state index contributed by atoms with van der Waals surface area (Å²) in [7, 11) is 1.56. The third-order valence-corrected chi connectivity index (χ3v) is 0.956. The molecule has 0 saturated heterocycles. The summed E-state index contributed by atoms with van der Waals surface area (Å²) in [6, 6.07) is -0.0486. The summed E-state index contributed by atoms with van der Waals surface area (Å²) >= 11 is 0. The Bertz CT molecular complexity index is 77.4. The fourth-order valence-electron chi connectivity index (χ4n) is 0.482. The van der Waals surface area contributed by atoms with Gasteiger partial charge >= 0.3 is 0 Å². The van der Waals surface area contributed by atoms with Gasteiger partial charge in [-0.15, -0.1) is 0 Å². The van der Waals surface area contributed by atoms with Gasteiger partial charge in [-0.3, -0.25) is 4.79 Å². The molecule has 0 aromatic rings. The number of nitrogens with one attached hydrogen (secondary N) is 1. The van der Waals surface area contributed by atoms with E-state index in [2.05, 4.69) is 5.32 Å². The summed E-state index contributed by atoms with van der Waals surface area (Å²) in [5, 5.41) is 2.50. The average Bonchev–Trinajstić information content (AvgIpc) is 1.88. The van der Waals surface area contributed by atoms with E-state index in [9.17, 15) is 4.79 Å². The number of carbonyl (C=O) groups is 1. The second kappa shape index (κ2) is 5.53. The minimum absolute atomic E-state index is 0.0486. The molecule has 0 radical (unpaired) electrons. The molecule has 4 nitrogen and oxygen atoms in total. The Kier molecular flexibility index (Phi) is 5.15. The minimum atomic E-state index is -0.0486. The number of carbonyl (C=O) groups excluding carboxylic acids is 1. The maximum absolute atomic E-state index is 9.83. The van der Waals surface area contributed by atoms with E-state index in [0.29, 0.717) is 19.6 Å². The van der Waals surface area contributed by atoms with Crippen LogP contribution >= 0.6 is 0 Å². The molecule has 0 heterocycles. The number of rotatable bonds is 5. The van der Waals surface area contributed by atoms with E-state index in [1.807, 2.05) is 0 Å². The van der Waals surface area contributed by atoms with Crippen LogP contribution in [0.2, 0.25) is 0 Å². The second-order valence-electron chi connectivity index (χ2n) is 1.67. The predicted octanol–water partition coefficient (Wildman–Crippen LogP) is -1.29. The van der Waals surface area contributed by atoms with Crippen molar-refractivity contribution in [2.45, 2.75) is 6.04 Å². The first-order valence-electron chi connectivity index (χ1n) is 2.73. The molecule has 0 saturated carbocycles. The quantitative estimate of drug-likeness (QED) is 0.457. The van der Waals surface area contributed by atoms with Gasteiger partial charge in [-0.1, -0.05) is 0 Å². The van der Waals surface area contributed by atoms with Crippen molar-refractivity contribution in [3.05, 3.63) is 0 Å². The van der Waals surface area contributed by atoms with Gasteiger partial charge in [0.25, 0.3) is 0 Å². The fraction of sp³-hybridized carbons (Fsp3) is 0.800. The molecule has 0 bridgehead atoms. The molecule has 0 aromatic carbocycles. The highest BCUT2D eigenvalue weighted by molar-refractivity contribution is 5.46. The zero-order valence-electron chi connectivity index (χ0n) is 5.46. The standard InChI is InChI=1S/C5H12N2O2/c1-9-3-5(2-6)7-4-8/h4-5H,2-3,6H2,1H3,(H,7,8). The van der Waals surface area contributed by atoms with Crippen molar-refractivity contribution in [2.75, 3.05) is 20.3 Å². The van der Waals surface area contributed by atoms with Crippen LogP contribution in [-0.4, -0.2) is 32.7 Å². The Morgan fingerprint density at radius 1 is 1.89 bits per heavy atom. The van der Waals surface area contributed by atoms with Crippen LogP contribution in [0, 0.1) is 0 Å². The molecule has 54 valence electrons. The highest BCUT2D eigenvalue weighted by Crippen LogP contribution is 1.77. The maximum atomic E-state index is 9.83. The predicted molar refractivity (Wildman–Crippen MR) is 33.9 cm³/mol. The normalized spacial score (nSPS) is 12.7. The van der Waals surface area contributed by atoms with Gasteiger partial charge in [0, 0.05) is 13.7 Å². The molecule has 3 N–H and O–H groups in total. The van der Waals surface area contributed by atoms with Crippen LogP contribution in [0.25, 0.3) is 0 Å². The Hall–Kier alpha value is -0.610. The Labute approximate surface area is 54.4 Å². The lowest BCUT2D eigenvalue weighted by atomic mass is 10.3. The van der Waals surface area contributed by atoms with E-state index in [0.717, 1.165) is 0 Å². The maximum Gasteiger partial charge on any atom is 0.207 e. The second-order valence-corrected chi connectivity index (χ2v) is 1.67. The molecule has 9 heavy (non-hydrogen) atoms. The first kappa shape index (κ1) is 8.39. The summed E-state index contributed by atoms with van der Waals surface area (Å²) in [4.78, 5) is 9.83. The Balaban J connectivity index is 3.28. The number of hydrogen-bond donors (Lipinski definition) is 2. The van der Waals surface area contributed by atoms with Crippen LogP contribution in [0.4, 0.5) is 0 Å². The van der Waals surface area contributed by atoms with Crippen LogP contribution in [0.15, 0.2) is 0 Å². The topological polar surface area (TPSA) is 64.3 Å². The van der Waals surface area contributed by atoms with Crippen molar-refractivity contribution in [1.29, 1.82) is 0 Å². The lowest BCUT2D eigenvalue weighted by Crippen LogP contribution is -2.38. The summed E-state index contributed by atoms with van der Waals surface area (Å²) in [6.07, 6.45) is 0.622. The van der Waals surface area contributed by atoms with Gasteiger partial charge < -0.3 is 15.8 Å². The molecule has 0 aromatic heterocycles. The zero-order chi connectivity index (χ0) is 7.11. The largest absolute Gasteiger partial charge is 0.383 e. The monoisotopic (exact) mass is 132 g/mol. The minimum Gasteiger partial charge on any atom is -0.383 e. The first-order chi connectivity index (χ1) is 4.35. The van der Waals surface area contributed by atoms with Gasteiger partial charge in [0.05, 0.1) is 12.6 Å². The van der Waals surface area contributed by atoms with E-state index >= 15 is 0 Å². The van der Waals surface area contributed by atoms with Gasteiger partial charge in [-0.05, 0) is 0 Å². The number of methoxy groups -OCH3 is 1. The number of ether oxygens (including phenoxy) is 1. The number of amides is 1. The molecule has 0 fully saturated rings. The lowest BCUT2D eigenvalue weighted by molar-refractivity contribution is -0.110. The van der Waals surface area contributed by atoms with Crippen molar-refractivity contribution in [1.82, 2.24) is 5.32 Å². The van der Waals surface area contributed by atoms with Crippen molar-refractivity contribution in [2.24, 2.45) is 5.73 Å². The van der Waals surface area contributed by atoms with Crippen LogP contribution < -0.4 is 11.1 Å². The van der Waals surface area contributed by atoms with E-state index in [1.54, 1.807) is 7.11 Å². The van der Waals surface area contributed by atoms with Crippen LogP contribution in [-0.2, 0) is 9.53 Å². The van der Waals surface area contributed by atoms with E-state index in [4.69, 9.17) is 10.5 Å². The molecule has 1 unspecified atom stereocenters. The van der Waals surface area contributed by atoms with Crippen molar-refractivity contribution in [3.63, 3.8) is 0 Å². The number of nitrogens with two attached hydrogens (primary N) is 1. The van der Waals surface area contributed by atoms with Gasteiger partial charge in [0.15, 0.2) is 0 Å². The highest BCUT2D eigenvalue weighted by Gasteiger charge is 2.01. The summed E-state index contributed by atoms with van der Waals surface area (Å²) in [5.41, 5.74) is 5.24.